The molecule has 0 aromatic rings. The third-order valence-corrected chi connectivity index (χ3v) is 9.34. The minimum absolute atomic E-state index is 0.0152. The lowest BCUT2D eigenvalue weighted by Crippen LogP contribution is -2.54. The molecule has 0 radical (unpaired) electrons. The molecule has 4 nitrogen and oxygen atoms in total. The van der Waals surface area contributed by atoms with Crippen molar-refractivity contribution in [3.05, 3.63) is 11.6 Å². The van der Waals surface area contributed by atoms with E-state index in [-0.39, 0.29) is 34.8 Å². The van der Waals surface area contributed by atoms with Gasteiger partial charge < -0.3 is 9.47 Å². The summed E-state index contributed by atoms with van der Waals surface area (Å²) in [5, 5.41) is 0. The summed E-state index contributed by atoms with van der Waals surface area (Å²) in [4.78, 5) is 23.8. The molecule has 5 aliphatic rings. The third-order valence-electron chi connectivity index (χ3n) is 9.34. The van der Waals surface area contributed by atoms with E-state index in [9.17, 15) is 9.59 Å². The Labute approximate surface area is 162 Å². The van der Waals surface area contributed by atoms with Gasteiger partial charge in [-0.05, 0) is 68.6 Å². The molecule has 1 saturated heterocycles. The lowest BCUT2D eigenvalue weighted by molar-refractivity contribution is -0.149. The number of carbonyl (C=O) groups is 2. The molecule has 1 aliphatic heterocycles. The molecule has 3 saturated carbocycles. The molecule has 4 heteroatoms. The number of hydrogen-bond donors (Lipinski definition) is 0. The van der Waals surface area contributed by atoms with Crippen LogP contribution in [0, 0.1) is 28.6 Å². The lowest BCUT2D eigenvalue weighted by atomic mass is 9.47. The van der Waals surface area contributed by atoms with E-state index < -0.39 is 5.60 Å². The lowest BCUT2D eigenvalue weighted by Gasteiger charge is -2.58. The number of ether oxygens (including phenoxy) is 2. The van der Waals surface area contributed by atoms with E-state index in [1.165, 1.54) is 18.9 Å². The van der Waals surface area contributed by atoms with E-state index in [0.717, 1.165) is 38.5 Å². The van der Waals surface area contributed by atoms with Crippen LogP contribution in [0.2, 0.25) is 0 Å². The van der Waals surface area contributed by atoms with Crippen molar-refractivity contribution < 1.29 is 19.1 Å². The topological polar surface area (TPSA) is 55.9 Å². The first-order valence-corrected chi connectivity index (χ1v) is 10.8. The van der Waals surface area contributed by atoms with Crippen LogP contribution in [-0.4, -0.2) is 29.6 Å². The largest absolute Gasteiger partial charge is 0.462 e. The number of rotatable bonds is 2. The predicted octanol–water partition coefficient (Wildman–Crippen LogP) is 4.22. The van der Waals surface area contributed by atoms with Crippen molar-refractivity contribution >= 4 is 11.8 Å². The fourth-order valence-corrected chi connectivity index (χ4v) is 8.03. The van der Waals surface area contributed by atoms with Gasteiger partial charge in [-0.3, -0.25) is 9.59 Å². The first-order chi connectivity index (χ1) is 12.7. The number of ketones is 1. The van der Waals surface area contributed by atoms with Crippen molar-refractivity contribution in [3.63, 3.8) is 0 Å². The highest BCUT2D eigenvalue weighted by molar-refractivity contribution is 5.90. The summed E-state index contributed by atoms with van der Waals surface area (Å²) >= 11 is 0. The minimum Gasteiger partial charge on any atom is -0.462 e. The SMILES string of the molecule is CC(=O)O[C@H]1CC[C@@]2(C)C(=CCC3C2CC[C@@]2(C)C3C[C@H]3O[C@]32C(C)=O)C1. The summed E-state index contributed by atoms with van der Waals surface area (Å²) in [7, 11) is 0. The molecule has 5 rings (SSSR count). The molecule has 4 fully saturated rings. The van der Waals surface area contributed by atoms with Gasteiger partial charge in [-0.2, -0.15) is 0 Å². The third kappa shape index (κ3) is 2.14. The number of carbonyl (C=O) groups excluding carboxylic acids is 2. The van der Waals surface area contributed by atoms with E-state index in [1.54, 1.807) is 6.92 Å². The van der Waals surface area contributed by atoms with Crippen LogP contribution < -0.4 is 0 Å². The normalized spacial score (nSPS) is 52.6. The van der Waals surface area contributed by atoms with Gasteiger partial charge in [0.2, 0.25) is 0 Å². The molecule has 0 aromatic heterocycles. The summed E-state index contributed by atoms with van der Waals surface area (Å²) in [6.07, 6.45) is 10.1. The number of epoxide rings is 1. The number of hydrogen-bond acceptors (Lipinski definition) is 4. The molecule has 0 N–H and O–H groups in total. The molecule has 0 spiro atoms. The van der Waals surface area contributed by atoms with Gasteiger partial charge in [0.15, 0.2) is 11.4 Å². The average Bonchev–Trinajstić information content (AvgIpc) is 3.27. The Hall–Kier alpha value is -1.16. The van der Waals surface area contributed by atoms with Crippen LogP contribution in [-0.2, 0) is 19.1 Å². The van der Waals surface area contributed by atoms with Gasteiger partial charge in [-0.1, -0.05) is 25.5 Å². The number of allylic oxidation sites excluding steroid dienone is 1. The summed E-state index contributed by atoms with van der Waals surface area (Å²) in [5.41, 5.74) is 1.30. The molecular weight excluding hydrogens is 340 g/mol. The highest BCUT2D eigenvalue weighted by Crippen LogP contribution is 2.73. The van der Waals surface area contributed by atoms with Gasteiger partial charge in [0.25, 0.3) is 0 Å². The van der Waals surface area contributed by atoms with Gasteiger partial charge in [0.05, 0.1) is 6.10 Å². The summed E-state index contributed by atoms with van der Waals surface area (Å²) in [6, 6.07) is 0. The predicted molar refractivity (Wildman–Crippen MR) is 101 cm³/mol. The van der Waals surface area contributed by atoms with E-state index >= 15 is 0 Å². The maximum absolute atomic E-state index is 12.5. The molecule has 0 aromatic carbocycles. The molecule has 148 valence electrons. The maximum Gasteiger partial charge on any atom is 0.302 e. The van der Waals surface area contributed by atoms with Crippen LogP contribution in [0.25, 0.3) is 0 Å². The van der Waals surface area contributed by atoms with Crippen LogP contribution >= 0.6 is 0 Å². The van der Waals surface area contributed by atoms with Crippen molar-refractivity contribution in [1.82, 2.24) is 0 Å². The molecule has 8 atom stereocenters. The highest BCUT2D eigenvalue weighted by Gasteiger charge is 2.79. The molecule has 3 unspecified atom stereocenters. The van der Waals surface area contributed by atoms with Gasteiger partial charge in [-0.15, -0.1) is 0 Å². The van der Waals surface area contributed by atoms with E-state index in [2.05, 4.69) is 19.9 Å². The molecule has 4 aliphatic carbocycles. The Morgan fingerprint density at radius 1 is 1.15 bits per heavy atom. The zero-order chi connectivity index (χ0) is 19.2. The van der Waals surface area contributed by atoms with E-state index in [4.69, 9.17) is 9.47 Å². The highest BCUT2D eigenvalue weighted by atomic mass is 16.6. The maximum atomic E-state index is 12.5. The van der Waals surface area contributed by atoms with Crippen molar-refractivity contribution in [1.29, 1.82) is 0 Å². The van der Waals surface area contributed by atoms with Crippen molar-refractivity contribution in [2.24, 2.45) is 28.6 Å². The van der Waals surface area contributed by atoms with Gasteiger partial charge in [-0.25, -0.2) is 0 Å². The number of Topliss-reactive ketones (excluding diaryl/α,β-unsaturated/α-hetero) is 1. The van der Waals surface area contributed by atoms with Crippen LogP contribution in [0.1, 0.15) is 72.6 Å². The smallest absolute Gasteiger partial charge is 0.302 e. The van der Waals surface area contributed by atoms with Crippen molar-refractivity contribution in [2.45, 2.75) is 90.4 Å². The Bertz CT molecular complexity index is 741. The fraction of sp³-hybridized carbons (Fsp3) is 0.826. The standard InChI is InChI=1S/C23H32O4/c1-13(24)23-20(27-23)12-19-17-6-5-15-11-16(26-14(2)25)7-9-21(15,3)18(17)8-10-22(19,23)4/h5,16-20H,6-12H2,1-4H3/t16-,17?,18?,19?,20+,21-,22-,23+/m0/s1. The summed E-state index contributed by atoms with van der Waals surface area (Å²) < 4.78 is 11.6. The van der Waals surface area contributed by atoms with Crippen molar-refractivity contribution in [2.75, 3.05) is 0 Å². The van der Waals surface area contributed by atoms with Gasteiger partial charge >= 0.3 is 5.97 Å². The molecular formula is C23H32O4. The Morgan fingerprint density at radius 2 is 1.93 bits per heavy atom. The molecule has 0 bridgehead atoms. The van der Waals surface area contributed by atoms with Crippen LogP contribution in [0.5, 0.6) is 0 Å². The number of esters is 1. The zero-order valence-electron chi connectivity index (χ0n) is 17.0. The fourth-order valence-electron chi connectivity index (χ4n) is 8.03. The summed E-state index contributed by atoms with van der Waals surface area (Å²) in [6.45, 7) is 8.03. The number of fused-ring (bicyclic) bond motifs is 7. The van der Waals surface area contributed by atoms with Crippen molar-refractivity contribution in [3.8, 4) is 0 Å². The van der Waals surface area contributed by atoms with Crippen LogP contribution in [0.15, 0.2) is 11.6 Å². The zero-order valence-corrected chi connectivity index (χ0v) is 17.0. The monoisotopic (exact) mass is 372 g/mol. The average molecular weight is 373 g/mol. The Balaban J connectivity index is 1.43. The molecule has 1 heterocycles. The van der Waals surface area contributed by atoms with E-state index in [0.29, 0.717) is 17.8 Å². The second-order valence-corrected chi connectivity index (χ2v) is 10.3. The van der Waals surface area contributed by atoms with Crippen LogP contribution in [0.4, 0.5) is 0 Å². The molecule has 0 amide bonds. The first kappa shape index (κ1) is 17.9. The van der Waals surface area contributed by atoms with Gasteiger partial charge in [0, 0.05) is 18.8 Å². The Kier molecular flexibility index (Phi) is 3.62. The second-order valence-electron chi connectivity index (χ2n) is 10.3. The minimum atomic E-state index is -0.472. The second kappa shape index (κ2) is 5.46. The van der Waals surface area contributed by atoms with Gasteiger partial charge in [0.1, 0.15) is 6.10 Å². The Morgan fingerprint density at radius 3 is 2.63 bits per heavy atom. The summed E-state index contributed by atoms with van der Waals surface area (Å²) in [5.74, 6) is 2.03. The quantitative estimate of drug-likeness (QED) is 0.414. The van der Waals surface area contributed by atoms with E-state index in [1.807, 2.05) is 0 Å². The molecule has 27 heavy (non-hydrogen) atoms. The van der Waals surface area contributed by atoms with Crippen LogP contribution in [0.3, 0.4) is 0 Å². The first-order valence-electron chi connectivity index (χ1n) is 10.8.